The highest BCUT2D eigenvalue weighted by Gasteiger charge is 2.29. The van der Waals surface area contributed by atoms with Gasteiger partial charge >= 0.3 is 11.9 Å². The first-order valence-electron chi connectivity index (χ1n) is 15.2. The van der Waals surface area contributed by atoms with E-state index < -0.39 is 23.4 Å². The molecule has 1 aliphatic rings. The van der Waals surface area contributed by atoms with Crippen LogP contribution in [0.1, 0.15) is 31.8 Å². The third-order valence-corrected chi connectivity index (χ3v) is 9.12. The number of carboxylic acids is 2. The van der Waals surface area contributed by atoms with Crippen molar-refractivity contribution in [1.29, 1.82) is 0 Å². The molecule has 0 saturated carbocycles. The maximum atomic E-state index is 11.6. The average molecular weight is 723 g/mol. The van der Waals surface area contributed by atoms with Crippen LogP contribution in [0.3, 0.4) is 0 Å². The van der Waals surface area contributed by atoms with Crippen LogP contribution < -0.4 is 10.2 Å². The van der Waals surface area contributed by atoms with Crippen LogP contribution in [0, 0.1) is 0 Å². The molecule has 1 aliphatic heterocycles. The minimum atomic E-state index is -1.28. The number of aromatic nitrogens is 5. The van der Waals surface area contributed by atoms with Crippen molar-refractivity contribution in [2.75, 3.05) is 25.0 Å². The predicted molar refractivity (Wildman–Crippen MR) is 187 cm³/mol. The van der Waals surface area contributed by atoms with Crippen LogP contribution in [-0.2, 0) is 6.42 Å². The minimum absolute atomic E-state index is 0.0407. The molecule has 0 aliphatic carbocycles. The van der Waals surface area contributed by atoms with E-state index in [9.17, 15) is 30.0 Å². The van der Waals surface area contributed by atoms with Gasteiger partial charge in [-0.25, -0.2) is 19.6 Å². The summed E-state index contributed by atoms with van der Waals surface area (Å²) >= 11 is 3.43. The van der Waals surface area contributed by atoms with Crippen LogP contribution in [0.15, 0.2) is 83.7 Å². The molecule has 13 nitrogen and oxygen atoms in total. The highest BCUT2D eigenvalue weighted by molar-refractivity contribution is 9.10. The van der Waals surface area contributed by atoms with Crippen molar-refractivity contribution in [3.63, 3.8) is 0 Å². The number of aromatic hydroxyl groups is 2. The number of halogens is 1. The van der Waals surface area contributed by atoms with Crippen molar-refractivity contribution in [3.05, 3.63) is 106 Å². The Morgan fingerprint density at radius 1 is 0.898 bits per heavy atom. The smallest absolute Gasteiger partial charge is 0.339 e. The number of anilines is 1. The zero-order valence-corrected chi connectivity index (χ0v) is 27.5. The Labute approximate surface area is 286 Å². The van der Waals surface area contributed by atoms with Crippen molar-refractivity contribution in [2.24, 2.45) is 0 Å². The summed E-state index contributed by atoms with van der Waals surface area (Å²) in [6.07, 6.45) is 3.41. The maximum absolute atomic E-state index is 11.6. The molecule has 4 heterocycles. The fourth-order valence-electron chi connectivity index (χ4n) is 6.13. The average Bonchev–Trinajstić information content (AvgIpc) is 3.57. The number of fused-ring (bicyclic) bond motifs is 5. The lowest BCUT2D eigenvalue weighted by atomic mass is 9.90. The number of carbonyl (C=O) groups is 2. The fourth-order valence-corrected chi connectivity index (χ4v) is 6.45. The quantitative estimate of drug-likeness (QED) is 0.151. The van der Waals surface area contributed by atoms with Gasteiger partial charge in [-0.05, 0) is 62.7 Å². The number of nitrogens with one attached hydrogen (secondary N) is 1. The Morgan fingerprint density at radius 3 is 2.02 bits per heavy atom. The Morgan fingerprint density at radius 2 is 1.47 bits per heavy atom. The topological polar surface area (TPSA) is 186 Å². The number of rotatable bonds is 6. The van der Waals surface area contributed by atoms with Crippen LogP contribution in [0.4, 0.5) is 5.82 Å². The van der Waals surface area contributed by atoms with Crippen molar-refractivity contribution in [2.45, 2.75) is 12.5 Å². The Hall–Kier alpha value is -5.86. The Kier molecular flexibility index (Phi) is 8.18. The second-order valence-electron chi connectivity index (χ2n) is 11.6. The van der Waals surface area contributed by atoms with Gasteiger partial charge in [0.05, 0.1) is 5.52 Å². The summed E-state index contributed by atoms with van der Waals surface area (Å²) < 4.78 is 2.84. The number of nitrogens with zero attached hydrogens (tertiary/aromatic N) is 6. The number of aromatic carboxylic acids is 2. The van der Waals surface area contributed by atoms with Crippen LogP contribution in [0.5, 0.6) is 11.5 Å². The summed E-state index contributed by atoms with van der Waals surface area (Å²) in [6.45, 7) is 1.85. The first-order chi connectivity index (χ1) is 23.6. The molecule has 1 fully saturated rings. The molecule has 0 unspecified atom stereocenters. The van der Waals surface area contributed by atoms with Crippen LogP contribution in [0.25, 0.3) is 38.4 Å². The van der Waals surface area contributed by atoms with Crippen molar-refractivity contribution in [1.82, 2.24) is 29.9 Å². The second kappa shape index (κ2) is 12.6. The molecule has 49 heavy (non-hydrogen) atoms. The summed E-state index contributed by atoms with van der Waals surface area (Å²) in [4.78, 5) is 34.4. The zero-order chi connectivity index (χ0) is 34.4. The molecule has 7 aromatic rings. The van der Waals surface area contributed by atoms with Crippen LogP contribution >= 0.6 is 15.9 Å². The molecule has 4 aromatic carbocycles. The molecule has 5 N–H and O–H groups in total. The van der Waals surface area contributed by atoms with E-state index in [1.54, 1.807) is 61.1 Å². The maximum Gasteiger partial charge on any atom is 0.339 e. The number of phenols is 2. The molecule has 0 spiro atoms. The van der Waals surface area contributed by atoms with E-state index in [-0.39, 0.29) is 17.5 Å². The number of hydrogen-bond donors (Lipinski definition) is 5. The normalized spacial score (nSPS) is 13.1. The van der Waals surface area contributed by atoms with Crippen molar-refractivity contribution >= 4 is 72.0 Å². The monoisotopic (exact) mass is 721 g/mol. The van der Waals surface area contributed by atoms with E-state index in [0.29, 0.717) is 44.4 Å². The Balaban J connectivity index is 0.000000165. The van der Waals surface area contributed by atoms with E-state index >= 15 is 0 Å². The lowest BCUT2D eigenvalue weighted by molar-refractivity contribution is 0.0682. The standard InChI is InChI=1S/C23H16O6.C12H12BrN7/c24-20-16(14-7-3-1-5-12(14)9-18(20)22(26)27)11-17-15-8-4-2-6-13(15)10-19(21(17)25)23(28)29;1-14-8-4-19(5-8)11-12-18-16-6-20(12)9-2-7(13)3-15-10(9)17-11/h1-10,24-25H,11H2,(H,26,27)(H,28,29);2-3,6,8,14H,4-5H2,1H3. The summed E-state index contributed by atoms with van der Waals surface area (Å²) in [6, 6.07) is 19.3. The van der Waals surface area contributed by atoms with Crippen LogP contribution in [0.2, 0.25) is 0 Å². The first-order valence-corrected chi connectivity index (χ1v) is 15.9. The van der Waals surface area contributed by atoms with Gasteiger partial charge in [0.25, 0.3) is 0 Å². The van der Waals surface area contributed by atoms with Gasteiger partial charge in [0.2, 0.25) is 5.65 Å². The predicted octanol–water partition coefficient (Wildman–Crippen LogP) is 5.23. The summed E-state index contributed by atoms with van der Waals surface area (Å²) in [5, 5.41) is 54.3. The van der Waals surface area contributed by atoms with Crippen molar-refractivity contribution < 1.29 is 30.0 Å². The van der Waals surface area contributed by atoms with Gasteiger partial charge in [-0.15, -0.1) is 10.2 Å². The van der Waals surface area contributed by atoms with E-state index in [4.69, 9.17) is 0 Å². The number of likely N-dealkylation sites (N-methyl/N-ethyl adjacent to an activating group) is 1. The molecule has 8 rings (SSSR count). The number of pyridine rings is 1. The number of carboxylic acid groups (broad SMARTS) is 2. The second-order valence-corrected chi connectivity index (χ2v) is 12.5. The molecule has 3 aromatic heterocycles. The Bertz CT molecular complexity index is 2340. The third-order valence-electron chi connectivity index (χ3n) is 8.69. The summed E-state index contributed by atoms with van der Waals surface area (Å²) in [5.41, 5.74) is 2.48. The minimum Gasteiger partial charge on any atom is -0.507 e. The van der Waals surface area contributed by atoms with Gasteiger partial charge in [0.15, 0.2) is 11.5 Å². The number of hydrogen-bond acceptors (Lipinski definition) is 10. The summed E-state index contributed by atoms with van der Waals surface area (Å²) in [5.74, 6) is -2.51. The fraction of sp³-hybridized carbons (Fsp3) is 0.143. The summed E-state index contributed by atoms with van der Waals surface area (Å²) in [7, 11) is 1.97. The first kappa shape index (κ1) is 31.7. The molecule has 0 atom stereocenters. The van der Waals surface area contributed by atoms with Gasteiger partial charge in [0, 0.05) is 47.3 Å². The zero-order valence-electron chi connectivity index (χ0n) is 25.9. The molecular weight excluding hydrogens is 694 g/mol. The van der Waals surface area contributed by atoms with Gasteiger partial charge in [-0.2, -0.15) is 0 Å². The van der Waals surface area contributed by atoms with Gasteiger partial charge in [-0.3, -0.25) is 4.40 Å². The molecular formula is C35H28BrN7O6. The molecule has 246 valence electrons. The van der Waals surface area contributed by atoms with Gasteiger partial charge < -0.3 is 30.6 Å². The van der Waals surface area contributed by atoms with E-state index in [2.05, 4.69) is 46.3 Å². The molecule has 0 bridgehead atoms. The van der Waals surface area contributed by atoms with E-state index in [1.165, 1.54) is 12.1 Å². The molecule has 0 amide bonds. The third kappa shape index (κ3) is 5.70. The SMILES string of the molecule is CNC1CN(c2nc3ncc(Br)cc3n3cnnc23)C1.O=C(O)c1cc2ccccc2c(Cc2c(O)c(C(=O)O)cc3ccccc23)c1O. The van der Waals surface area contributed by atoms with Gasteiger partial charge in [0.1, 0.15) is 29.0 Å². The lowest BCUT2D eigenvalue weighted by Crippen LogP contribution is -2.57. The largest absolute Gasteiger partial charge is 0.507 e. The highest BCUT2D eigenvalue weighted by Crippen LogP contribution is 2.39. The number of benzene rings is 4. The van der Waals surface area contributed by atoms with Crippen LogP contribution in [-0.4, -0.2) is 83.1 Å². The van der Waals surface area contributed by atoms with E-state index in [1.807, 2.05) is 17.5 Å². The van der Waals surface area contributed by atoms with E-state index in [0.717, 1.165) is 34.5 Å². The molecule has 1 saturated heterocycles. The molecule has 14 heteroatoms. The highest BCUT2D eigenvalue weighted by atomic mass is 79.9. The molecule has 0 radical (unpaired) electrons. The van der Waals surface area contributed by atoms with Gasteiger partial charge in [-0.1, -0.05) is 48.5 Å². The lowest BCUT2D eigenvalue weighted by Gasteiger charge is -2.39. The van der Waals surface area contributed by atoms with Crippen molar-refractivity contribution in [3.8, 4) is 11.5 Å².